The molecule has 3 aromatic rings. The average molecular weight is 405 g/mol. The Morgan fingerprint density at radius 3 is 2.67 bits per heavy atom. The topological polar surface area (TPSA) is 64.3 Å². The van der Waals surface area contributed by atoms with Gasteiger partial charge in [-0.1, -0.05) is 49.6 Å². The molecule has 1 atom stereocenters. The molecule has 0 aliphatic carbocycles. The number of hydrogen-bond acceptors (Lipinski definition) is 3. The maximum atomic E-state index is 11.1. The highest BCUT2D eigenvalue weighted by molar-refractivity contribution is 5.85. The Hall–Kier alpha value is -3.26. The number of rotatable bonds is 9. The standard InChI is InChI=1S/C25H28N2O3/c1-4-6-11-23-22-10-7-9-20(25(22)27(3)26-23)17-30-21-14-12-18(13-15-21)19(8-5-2)16-24(28)29/h7,9-10,12-15,19H,4,6,11,16-17H2,1-3H3,(H,28,29)/t19-/m0/s1. The lowest BCUT2D eigenvalue weighted by Crippen LogP contribution is -2.05. The molecule has 0 aliphatic rings. The van der Waals surface area contributed by atoms with Gasteiger partial charge in [-0.15, -0.1) is 5.92 Å². The van der Waals surface area contributed by atoms with Gasteiger partial charge in [-0.3, -0.25) is 9.48 Å². The molecule has 0 saturated carbocycles. The minimum atomic E-state index is -0.856. The highest BCUT2D eigenvalue weighted by Gasteiger charge is 2.14. The molecule has 0 fully saturated rings. The molecule has 2 aromatic carbocycles. The zero-order valence-corrected chi connectivity index (χ0v) is 17.8. The lowest BCUT2D eigenvalue weighted by molar-refractivity contribution is -0.137. The van der Waals surface area contributed by atoms with Crippen molar-refractivity contribution in [2.45, 2.75) is 52.1 Å². The van der Waals surface area contributed by atoms with Crippen molar-refractivity contribution in [3.05, 3.63) is 59.3 Å². The number of aliphatic carboxylic acids is 1. The molecule has 0 bridgehead atoms. The van der Waals surface area contributed by atoms with Crippen LogP contribution in [0.5, 0.6) is 5.75 Å². The summed E-state index contributed by atoms with van der Waals surface area (Å²) in [6.45, 7) is 4.35. The number of aromatic nitrogens is 2. The molecule has 1 N–H and O–H groups in total. The summed E-state index contributed by atoms with van der Waals surface area (Å²) in [6, 6.07) is 13.8. The molecule has 5 heteroatoms. The van der Waals surface area contributed by atoms with Crippen LogP contribution in [0.3, 0.4) is 0 Å². The summed E-state index contributed by atoms with van der Waals surface area (Å²) in [5.41, 5.74) is 4.23. The molecular formula is C25H28N2O3. The summed E-state index contributed by atoms with van der Waals surface area (Å²) in [6.07, 6.45) is 3.25. The largest absolute Gasteiger partial charge is 0.489 e. The number of nitrogens with zero attached hydrogens (tertiary/aromatic N) is 2. The number of carbonyl (C=O) groups is 1. The number of benzene rings is 2. The number of carboxylic acids is 1. The summed E-state index contributed by atoms with van der Waals surface area (Å²) in [5, 5.41) is 15.0. The van der Waals surface area contributed by atoms with Crippen LogP contribution in [0.1, 0.15) is 55.8 Å². The quantitative estimate of drug-likeness (QED) is 0.505. The van der Waals surface area contributed by atoms with Crippen molar-refractivity contribution in [2.75, 3.05) is 0 Å². The van der Waals surface area contributed by atoms with E-state index in [1.165, 1.54) is 5.39 Å². The van der Waals surface area contributed by atoms with Crippen LogP contribution in [0.2, 0.25) is 0 Å². The summed E-state index contributed by atoms with van der Waals surface area (Å²) >= 11 is 0. The first kappa shape index (κ1) is 21.4. The number of aryl methyl sites for hydroxylation is 2. The summed E-state index contributed by atoms with van der Waals surface area (Å²) in [5.74, 6) is 5.36. The molecule has 0 spiro atoms. The summed E-state index contributed by atoms with van der Waals surface area (Å²) < 4.78 is 7.97. The highest BCUT2D eigenvalue weighted by atomic mass is 16.5. The van der Waals surface area contributed by atoms with Crippen LogP contribution in [0, 0.1) is 11.8 Å². The van der Waals surface area contributed by atoms with Crippen molar-refractivity contribution in [1.82, 2.24) is 9.78 Å². The van der Waals surface area contributed by atoms with Gasteiger partial charge < -0.3 is 9.84 Å². The Morgan fingerprint density at radius 2 is 2.00 bits per heavy atom. The van der Waals surface area contributed by atoms with E-state index in [2.05, 4.69) is 37.0 Å². The first-order chi connectivity index (χ1) is 14.5. The number of hydrogen-bond donors (Lipinski definition) is 1. The van der Waals surface area contributed by atoms with E-state index in [4.69, 9.17) is 14.9 Å². The normalized spacial score (nSPS) is 11.7. The van der Waals surface area contributed by atoms with E-state index in [1.807, 2.05) is 36.0 Å². The first-order valence-corrected chi connectivity index (χ1v) is 10.3. The highest BCUT2D eigenvalue weighted by Crippen LogP contribution is 2.26. The molecule has 5 nitrogen and oxygen atoms in total. The fourth-order valence-electron chi connectivity index (χ4n) is 3.70. The van der Waals surface area contributed by atoms with Crippen molar-refractivity contribution in [1.29, 1.82) is 0 Å². The van der Waals surface area contributed by atoms with Crippen molar-refractivity contribution >= 4 is 16.9 Å². The number of carboxylic acid groups (broad SMARTS) is 1. The van der Waals surface area contributed by atoms with Crippen LogP contribution >= 0.6 is 0 Å². The van der Waals surface area contributed by atoms with Crippen LogP contribution in [0.4, 0.5) is 0 Å². The summed E-state index contributed by atoms with van der Waals surface area (Å²) in [7, 11) is 1.98. The zero-order valence-electron chi connectivity index (χ0n) is 17.8. The molecule has 1 aromatic heterocycles. The molecule has 1 heterocycles. The maximum absolute atomic E-state index is 11.1. The Labute approximate surface area is 177 Å². The molecule has 156 valence electrons. The van der Waals surface area contributed by atoms with Crippen LogP contribution in [0.25, 0.3) is 10.9 Å². The first-order valence-electron chi connectivity index (χ1n) is 10.3. The molecule has 0 radical (unpaired) electrons. The fraction of sp³-hybridized carbons (Fsp3) is 0.360. The molecule has 30 heavy (non-hydrogen) atoms. The second kappa shape index (κ2) is 9.98. The van der Waals surface area contributed by atoms with Gasteiger partial charge in [0.15, 0.2) is 0 Å². The monoisotopic (exact) mass is 404 g/mol. The third kappa shape index (κ3) is 5.01. The van der Waals surface area contributed by atoms with Gasteiger partial charge in [0.1, 0.15) is 12.4 Å². The van der Waals surface area contributed by atoms with Crippen molar-refractivity contribution < 1.29 is 14.6 Å². The molecule has 3 rings (SSSR count). The molecule has 0 saturated heterocycles. The van der Waals surface area contributed by atoms with Crippen molar-refractivity contribution in [3.63, 3.8) is 0 Å². The van der Waals surface area contributed by atoms with E-state index in [-0.39, 0.29) is 12.3 Å². The lowest BCUT2D eigenvalue weighted by atomic mass is 9.96. The molecule has 0 unspecified atom stereocenters. The van der Waals surface area contributed by atoms with Gasteiger partial charge in [-0.25, -0.2) is 0 Å². The second-order valence-electron chi connectivity index (χ2n) is 7.39. The van der Waals surface area contributed by atoms with E-state index >= 15 is 0 Å². The van der Waals surface area contributed by atoms with Gasteiger partial charge in [0.25, 0.3) is 0 Å². The molecule has 0 amide bonds. The minimum absolute atomic E-state index is 0.0100. The van der Waals surface area contributed by atoms with Gasteiger partial charge in [0.2, 0.25) is 0 Å². The lowest BCUT2D eigenvalue weighted by Gasteiger charge is -2.11. The average Bonchev–Trinajstić information content (AvgIpc) is 3.07. The van der Waals surface area contributed by atoms with Crippen LogP contribution in [-0.2, 0) is 24.9 Å². The van der Waals surface area contributed by atoms with Gasteiger partial charge in [0.05, 0.1) is 23.5 Å². The summed E-state index contributed by atoms with van der Waals surface area (Å²) in [4.78, 5) is 11.1. The third-order valence-corrected chi connectivity index (χ3v) is 5.17. The van der Waals surface area contributed by atoms with E-state index < -0.39 is 5.97 Å². The maximum Gasteiger partial charge on any atom is 0.304 e. The van der Waals surface area contributed by atoms with Gasteiger partial charge in [0, 0.05) is 18.0 Å². The SMILES string of the molecule is CC#C[C@@H](CC(=O)O)c1ccc(OCc2cccc3c(CCCC)nn(C)c23)cc1. The second-order valence-corrected chi connectivity index (χ2v) is 7.39. The van der Waals surface area contributed by atoms with Crippen LogP contribution in [-0.4, -0.2) is 20.9 Å². The number of para-hydroxylation sites is 1. The van der Waals surface area contributed by atoms with Crippen LogP contribution < -0.4 is 4.74 Å². The predicted molar refractivity (Wildman–Crippen MR) is 119 cm³/mol. The number of unbranched alkanes of at least 4 members (excludes halogenated alkanes) is 1. The number of fused-ring (bicyclic) bond motifs is 1. The van der Waals surface area contributed by atoms with Gasteiger partial charge in [-0.2, -0.15) is 5.10 Å². The van der Waals surface area contributed by atoms with Gasteiger partial charge in [-0.05, 0) is 37.5 Å². The van der Waals surface area contributed by atoms with E-state index in [1.54, 1.807) is 6.92 Å². The minimum Gasteiger partial charge on any atom is -0.489 e. The Kier molecular flexibility index (Phi) is 7.13. The van der Waals surface area contributed by atoms with E-state index in [9.17, 15) is 4.79 Å². The Balaban J connectivity index is 1.75. The Bertz CT molecular complexity index is 1070. The third-order valence-electron chi connectivity index (χ3n) is 5.17. The molecule has 0 aliphatic heterocycles. The van der Waals surface area contributed by atoms with E-state index in [0.717, 1.165) is 47.3 Å². The molecular weight excluding hydrogens is 376 g/mol. The fourth-order valence-corrected chi connectivity index (χ4v) is 3.70. The van der Waals surface area contributed by atoms with Crippen LogP contribution in [0.15, 0.2) is 42.5 Å². The van der Waals surface area contributed by atoms with Gasteiger partial charge >= 0.3 is 5.97 Å². The smallest absolute Gasteiger partial charge is 0.304 e. The Morgan fingerprint density at radius 1 is 1.23 bits per heavy atom. The predicted octanol–water partition coefficient (Wildman–Crippen LogP) is 5.08. The van der Waals surface area contributed by atoms with Crippen molar-refractivity contribution in [2.24, 2.45) is 7.05 Å². The van der Waals surface area contributed by atoms with E-state index in [0.29, 0.717) is 6.61 Å². The van der Waals surface area contributed by atoms with Crippen molar-refractivity contribution in [3.8, 4) is 17.6 Å². The number of ether oxygens (including phenoxy) is 1. The zero-order chi connectivity index (χ0) is 21.5.